The number of benzene rings is 1. The lowest BCUT2D eigenvalue weighted by atomic mass is 10.3. The van der Waals surface area contributed by atoms with Gasteiger partial charge in [-0.1, -0.05) is 0 Å². The van der Waals surface area contributed by atoms with Crippen molar-refractivity contribution in [3.05, 3.63) is 24.3 Å². The smallest absolute Gasteiger partial charge is 0.312 e. The standard InChI is InChI=1S/C11H18N4O3S/c1-15(2)19(17,18)10-5-3-9(4-6-10)13-7-8-14-11(12)16/h3-6,13H,7-8H2,1-2H3,(H3,12,14,16). The van der Waals surface area contributed by atoms with Crippen LogP contribution in [0.2, 0.25) is 0 Å². The van der Waals surface area contributed by atoms with Gasteiger partial charge >= 0.3 is 6.03 Å². The van der Waals surface area contributed by atoms with Gasteiger partial charge in [0.2, 0.25) is 10.0 Å². The first-order chi connectivity index (χ1) is 8.84. The van der Waals surface area contributed by atoms with Gasteiger partial charge in [-0.25, -0.2) is 17.5 Å². The molecule has 0 aliphatic carbocycles. The molecule has 4 N–H and O–H groups in total. The van der Waals surface area contributed by atoms with Crippen molar-refractivity contribution in [3.8, 4) is 0 Å². The Balaban J connectivity index is 2.60. The fourth-order valence-corrected chi connectivity index (χ4v) is 2.25. The molecule has 7 nitrogen and oxygen atoms in total. The van der Waals surface area contributed by atoms with E-state index in [9.17, 15) is 13.2 Å². The topological polar surface area (TPSA) is 105 Å². The van der Waals surface area contributed by atoms with Crippen molar-refractivity contribution in [2.24, 2.45) is 5.73 Å². The van der Waals surface area contributed by atoms with Gasteiger partial charge in [-0.2, -0.15) is 0 Å². The van der Waals surface area contributed by atoms with E-state index in [0.717, 1.165) is 9.99 Å². The first kappa shape index (κ1) is 15.3. The van der Waals surface area contributed by atoms with Crippen LogP contribution in [0.4, 0.5) is 10.5 Å². The molecular weight excluding hydrogens is 268 g/mol. The summed E-state index contributed by atoms with van der Waals surface area (Å²) in [5, 5.41) is 5.47. The summed E-state index contributed by atoms with van der Waals surface area (Å²) in [6.07, 6.45) is 0. The van der Waals surface area contributed by atoms with E-state index in [1.54, 1.807) is 12.1 Å². The monoisotopic (exact) mass is 286 g/mol. The number of hydrogen-bond acceptors (Lipinski definition) is 4. The normalized spacial score (nSPS) is 11.3. The molecule has 0 aliphatic rings. The molecule has 106 valence electrons. The number of primary amides is 1. The van der Waals surface area contributed by atoms with Crippen LogP contribution in [0.5, 0.6) is 0 Å². The summed E-state index contributed by atoms with van der Waals surface area (Å²) in [5.41, 5.74) is 5.69. The summed E-state index contributed by atoms with van der Waals surface area (Å²) >= 11 is 0. The lowest BCUT2D eigenvalue weighted by molar-refractivity contribution is 0.249. The Bertz CT molecular complexity index is 525. The number of carbonyl (C=O) groups is 1. The molecular formula is C11H18N4O3S. The van der Waals surface area contributed by atoms with Gasteiger partial charge in [0.1, 0.15) is 0 Å². The lowest BCUT2D eigenvalue weighted by Crippen LogP contribution is -2.33. The zero-order chi connectivity index (χ0) is 14.5. The van der Waals surface area contributed by atoms with Crippen LogP contribution in [-0.4, -0.2) is 45.9 Å². The maximum atomic E-state index is 11.8. The summed E-state index contributed by atoms with van der Waals surface area (Å²) in [7, 11) is -0.432. The molecule has 0 fully saturated rings. The minimum atomic E-state index is -3.40. The Hall–Kier alpha value is -1.80. The second-order valence-electron chi connectivity index (χ2n) is 4.03. The Kier molecular flexibility index (Phi) is 5.13. The maximum absolute atomic E-state index is 11.8. The van der Waals surface area contributed by atoms with Crippen LogP contribution in [0, 0.1) is 0 Å². The van der Waals surface area contributed by atoms with Crippen molar-refractivity contribution >= 4 is 21.7 Å². The predicted molar refractivity (Wildman–Crippen MR) is 73.4 cm³/mol. The Labute approximate surface area is 112 Å². The van der Waals surface area contributed by atoms with Crippen LogP contribution in [-0.2, 0) is 10.0 Å². The number of nitrogens with two attached hydrogens (primary N) is 1. The molecule has 1 aromatic carbocycles. The van der Waals surface area contributed by atoms with E-state index < -0.39 is 16.1 Å². The molecule has 0 aliphatic heterocycles. The van der Waals surface area contributed by atoms with Crippen molar-refractivity contribution in [2.75, 3.05) is 32.5 Å². The van der Waals surface area contributed by atoms with Gasteiger partial charge in [-0.3, -0.25) is 0 Å². The highest BCUT2D eigenvalue weighted by Crippen LogP contribution is 2.16. The van der Waals surface area contributed by atoms with Crippen molar-refractivity contribution in [3.63, 3.8) is 0 Å². The number of anilines is 1. The molecule has 0 saturated carbocycles. The number of hydrogen-bond donors (Lipinski definition) is 3. The summed E-state index contributed by atoms with van der Waals surface area (Å²) < 4.78 is 24.8. The van der Waals surface area contributed by atoms with E-state index in [0.29, 0.717) is 13.1 Å². The van der Waals surface area contributed by atoms with Gasteiger partial charge in [0.15, 0.2) is 0 Å². The zero-order valence-electron chi connectivity index (χ0n) is 10.9. The van der Waals surface area contributed by atoms with Gasteiger partial charge in [-0.05, 0) is 24.3 Å². The Morgan fingerprint density at radius 1 is 1.21 bits per heavy atom. The molecule has 0 aromatic heterocycles. The molecule has 1 aromatic rings. The van der Waals surface area contributed by atoms with Crippen LogP contribution in [0.1, 0.15) is 0 Å². The molecule has 2 amide bonds. The van der Waals surface area contributed by atoms with E-state index in [4.69, 9.17) is 5.73 Å². The summed E-state index contributed by atoms with van der Waals surface area (Å²) in [6, 6.07) is 5.81. The fraction of sp³-hybridized carbons (Fsp3) is 0.364. The van der Waals surface area contributed by atoms with E-state index in [1.165, 1.54) is 26.2 Å². The number of rotatable bonds is 6. The molecule has 0 atom stereocenters. The largest absolute Gasteiger partial charge is 0.383 e. The number of nitrogens with one attached hydrogen (secondary N) is 2. The number of urea groups is 1. The minimum absolute atomic E-state index is 0.235. The van der Waals surface area contributed by atoms with E-state index in [1.807, 2.05) is 0 Å². The Morgan fingerprint density at radius 2 is 1.79 bits per heavy atom. The van der Waals surface area contributed by atoms with Crippen LogP contribution < -0.4 is 16.4 Å². The SMILES string of the molecule is CN(C)S(=O)(=O)c1ccc(NCCNC(N)=O)cc1. The number of amides is 2. The number of carbonyl (C=O) groups excluding carboxylic acids is 1. The summed E-state index contributed by atoms with van der Waals surface area (Å²) in [4.78, 5) is 10.7. The highest BCUT2D eigenvalue weighted by atomic mass is 32.2. The van der Waals surface area contributed by atoms with Gasteiger partial charge < -0.3 is 16.4 Å². The first-order valence-corrected chi connectivity index (χ1v) is 7.08. The van der Waals surface area contributed by atoms with Gasteiger partial charge in [0.25, 0.3) is 0 Å². The molecule has 19 heavy (non-hydrogen) atoms. The van der Waals surface area contributed by atoms with E-state index >= 15 is 0 Å². The minimum Gasteiger partial charge on any atom is -0.383 e. The average molecular weight is 286 g/mol. The van der Waals surface area contributed by atoms with Crippen LogP contribution in [0.3, 0.4) is 0 Å². The molecule has 0 saturated heterocycles. The molecule has 0 spiro atoms. The summed E-state index contributed by atoms with van der Waals surface area (Å²) in [5.74, 6) is 0. The lowest BCUT2D eigenvalue weighted by Gasteiger charge is -2.12. The average Bonchev–Trinajstić information content (AvgIpc) is 2.35. The highest BCUT2D eigenvalue weighted by Gasteiger charge is 2.16. The van der Waals surface area contributed by atoms with Crippen molar-refractivity contribution in [1.29, 1.82) is 0 Å². The quantitative estimate of drug-likeness (QED) is 0.641. The molecule has 0 radical (unpaired) electrons. The molecule has 1 rings (SSSR count). The van der Waals surface area contributed by atoms with Crippen molar-refractivity contribution in [1.82, 2.24) is 9.62 Å². The molecule has 0 bridgehead atoms. The first-order valence-electron chi connectivity index (χ1n) is 5.64. The second-order valence-corrected chi connectivity index (χ2v) is 6.18. The zero-order valence-corrected chi connectivity index (χ0v) is 11.7. The third-order valence-corrected chi connectivity index (χ3v) is 4.22. The highest BCUT2D eigenvalue weighted by molar-refractivity contribution is 7.89. The van der Waals surface area contributed by atoms with E-state index in [-0.39, 0.29) is 4.90 Å². The summed E-state index contributed by atoms with van der Waals surface area (Å²) in [6.45, 7) is 0.899. The van der Waals surface area contributed by atoms with Crippen LogP contribution in [0.15, 0.2) is 29.2 Å². The molecule has 0 unspecified atom stereocenters. The van der Waals surface area contributed by atoms with Crippen molar-refractivity contribution < 1.29 is 13.2 Å². The third-order valence-electron chi connectivity index (χ3n) is 2.39. The van der Waals surface area contributed by atoms with Gasteiger partial charge in [0, 0.05) is 32.9 Å². The van der Waals surface area contributed by atoms with Crippen LogP contribution in [0.25, 0.3) is 0 Å². The van der Waals surface area contributed by atoms with Gasteiger partial charge in [0.05, 0.1) is 4.90 Å². The van der Waals surface area contributed by atoms with E-state index in [2.05, 4.69) is 10.6 Å². The van der Waals surface area contributed by atoms with Crippen molar-refractivity contribution in [2.45, 2.75) is 4.90 Å². The Morgan fingerprint density at radius 3 is 2.26 bits per heavy atom. The number of nitrogens with zero attached hydrogens (tertiary/aromatic N) is 1. The van der Waals surface area contributed by atoms with Gasteiger partial charge in [-0.15, -0.1) is 0 Å². The number of sulfonamides is 1. The second kappa shape index (κ2) is 6.39. The predicted octanol–water partition coefficient (Wildman–Crippen LogP) is 0.0171. The third kappa shape index (κ3) is 4.42. The maximum Gasteiger partial charge on any atom is 0.312 e. The molecule has 8 heteroatoms. The fourth-order valence-electron chi connectivity index (χ4n) is 1.35. The van der Waals surface area contributed by atoms with Crippen LogP contribution >= 0.6 is 0 Å². The molecule has 0 heterocycles.